The summed E-state index contributed by atoms with van der Waals surface area (Å²) in [5.41, 5.74) is 0.0422. The summed E-state index contributed by atoms with van der Waals surface area (Å²) in [6.45, 7) is 3.45. The Bertz CT molecular complexity index is 1320. The molecule has 1 saturated heterocycles. The van der Waals surface area contributed by atoms with Crippen LogP contribution >= 0.6 is 0 Å². The first-order valence-electron chi connectivity index (χ1n) is 11.3. The van der Waals surface area contributed by atoms with Gasteiger partial charge in [0.05, 0.1) is 23.3 Å². The zero-order valence-corrected chi connectivity index (χ0v) is 19.6. The van der Waals surface area contributed by atoms with Crippen LogP contribution in [-0.2, 0) is 22.3 Å². The molecule has 1 atom stereocenters. The molecule has 1 heterocycles. The highest BCUT2D eigenvalue weighted by molar-refractivity contribution is 6.46. The number of benzene rings is 3. The number of Topliss-reactive ketones (excluding diaryl/α,β-unsaturated/α-hetero) is 1. The molecule has 1 aliphatic heterocycles. The summed E-state index contributed by atoms with van der Waals surface area (Å²) in [5.74, 6) is -1.73. The number of nitrogens with zero attached hydrogens (tertiary/aromatic N) is 1. The fraction of sp³-hybridized carbons (Fsp3) is 0.214. The zero-order chi connectivity index (χ0) is 26.0. The Labute approximate surface area is 206 Å². The summed E-state index contributed by atoms with van der Waals surface area (Å²) < 4.78 is 45.4. The molecule has 0 radical (unpaired) electrons. The third-order valence-corrected chi connectivity index (χ3v) is 5.74. The molecule has 0 aliphatic carbocycles. The van der Waals surface area contributed by atoms with Gasteiger partial charge in [0.1, 0.15) is 11.5 Å². The molecule has 1 fully saturated rings. The SMILES string of the molecule is CC(C)Oc1cccc(/C(O)=C2\C(=O)C(=O)N(Cc3cccc(C(F)(F)F)c3)C2c2ccccc2)c1. The number of alkyl halides is 3. The Hall–Kier alpha value is -4.07. The molecule has 5 nitrogen and oxygen atoms in total. The minimum atomic E-state index is -4.55. The van der Waals surface area contributed by atoms with Crippen LogP contribution in [0.3, 0.4) is 0 Å². The van der Waals surface area contributed by atoms with E-state index in [1.807, 2.05) is 13.8 Å². The largest absolute Gasteiger partial charge is 0.507 e. The van der Waals surface area contributed by atoms with Crippen LogP contribution in [0.2, 0.25) is 0 Å². The lowest BCUT2D eigenvalue weighted by molar-refractivity contribution is -0.140. The van der Waals surface area contributed by atoms with Crippen LogP contribution < -0.4 is 4.74 Å². The number of carbonyl (C=O) groups is 2. The molecule has 0 aromatic heterocycles. The second kappa shape index (κ2) is 9.89. The van der Waals surface area contributed by atoms with Gasteiger partial charge in [0, 0.05) is 12.1 Å². The number of aliphatic hydroxyl groups excluding tert-OH is 1. The third-order valence-electron chi connectivity index (χ3n) is 5.74. The van der Waals surface area contributed by atoms with Gasteiger partial charge in [-0.1, -0.05) is 54.6 Å². The van der Waals surface area contributed by atoms with Gasteiger partial charge in [-0.05, 0) is 49.2 Å². The highest BCUT2D eigenvalue weighted by Crippen LogP contribution is 2.41. The second-order valence-electron chi connectivity index (χ2n) is 8.73. The van der Waals surface area contributed by atoms with Crippen LogP contribution in [0.1, 0.15) is 42.1 Å². The maximum absolute atomic E-state index is 13.2. The molecule has 4 rings (SSSR count). The first kappa shape index (κ1) is 25.0. The highest BCUT2D eigenvalue weighted by Gasteiger charge is 2.46. The lowest BCUT2D eigenvalue weighted by Gasteiger charge is -2.25. The van der Waals surface area contributed by atoms with Crippen LogP contribution in [0.15, 0.2) is 84.4 Å². The van der Waals surface area contributed by atoms with E-state index in [1.165, 1.54) is 17.0 Å². The predicted octanol–water partition coefficient (Wildman–Crippen LogP) is 6.11. The fourth-order valence-electron chi connectivity index (χ4n) is 4.21. The minimum absolute atomic E-state index is 0.121. The number of ether oxygens (including phenoxy) is 1. The number of halogens is 3. The van der Waals surface area contributed by atoms with E-state index in [-0.39, 0.29) is 35.1 Å². The Balaban J connectivity index is 1.81. The number of carbonyl (C=O) groups excluding carboxylic acids is 2. The number of hydrogen-bond donors (Lipinski definition) is 1. The lowest BCUT2D eigenvalue weighted by atomic mass is 9.95. The quantitative estimate of drug-likeness (QED) is 0.254. The van der Waals surface area contributed by atoms with E-state index in [2.05, 4.69) is 0 Å². The van der Waals surface area contributed by atoms with Crippen molar-refractivity contribution in [3.63, 3.8) is 0 Å². The molecule has 1 N–H and O–H groups in total. The monoisotopic (exact) mass is 495 g/mol. The van der Waals surface area contributed by atoms with Gasteiger partial charge in [-0.3, -0.25) is 9.59 Å². The summed E-state index contributed by atoms with van der Waals surface area (Å²) in [4.78, 5) is 27.5. The van der Waals surface area contributed by atoms with Crippen molar-refractivity contribution in [2.45, 2.75) is 38.7 Å². The first-order valence-corrected chi connectivity index (χ1v) is 11.3. The van der Waals surface area contributed by atoms with Crippen molar-refractivity contribution in [1.29, 1.82) is 0 Å². The topological polar surface area (TPSA) is 66.8 Å². The molecule has 1 unspecified atom stereocenters. The molecule has 36 heavy (non-hydrogen) atoms. The minimum Gasteiger partial charge on any atom is -0.507 e. The van der Waals surface area contributed by atoms with Gasteiger partial charge in [-0.15, -0.1) is 0 Å². The smallest absolute Gasteiger partial charge is 0.416 e. The maximum Gasteiger partial charge on any atom is 0.416 e. The standard InChI is InChI=1S/C28H24F3NO4/c1-17(2)36-22-13-7-11-20(15-22)25(33)23-24(19-9-4-3-5-10-19)32(27(35)26(23)34)16-18-8-6-12-21(14-18)28(29,30)31/h3-15,17,24,33H,16H2,1-2H3/b25-23+. The van der Waals surface area contributed by atoms with Gasteiger partial charge < -0.3 is 14.7 Å². The molecular formula is C28H24F3NO4. The van der Waals surface area contributed by atoms with Gasteiger partial charge in [-0.25, -0.2) is 0 Å². The molecule has 3 aromatic carbocycles. The molecule has 0 saturated carbocycles. The van der Waals surface area contributed by atoms with Crippen molar-refractivity contribution in [1.82, 2.24) is 4.90 Å². The number of aliphatic hydroxyl groups is 1. The van der Waals surface area contributed by atoms with Crippen LogP contribution in [-0.4, -0.2) is 27.8 Å². The van der Waals surface area contributed by atoms with Crippen LogP contribution in [0.5, 0.6) is 5.75 Å². The first-order chi connectivity index (χ1) is 17.1. The van der Waals surface area contributed by atoms with Gasteiger partial charge in [-0.2, -0.15) is 13.2 Å². The number of ketones is 1. The van der Waals surface area contributed by atoms with Crippen molar-refractivity contribution < 1.29 is 32.6 Å². The Morgan fingerprint density at radius 3 is 2.33 bits per heavy atom. The molecule has 0 bridgehead atoms. The second-order valence-corrected chi connectivity index (χ2v) is 8.73. The van der Waals surface area contributed by atoms with Crippen molar-refractivity contribution >= 4 is 17.4 Å². The molecule has 0 spiro atoms. The van der Waals surface area contributed by atoms with Crippen molar-refractivity contribution in [3.8, 4) is 5.75 Å². The maximum atomic E-state index is 13.2. The van der Waals surface area contributed by atoms with Crippen molar-refractivity contribution in [2.75, 3.05) is 0 Å². The van der Waals surface area contributed by atoms with Gasteiger partial charge >= 0.3 is 6.18 Å². The molecule has 8 heteroatoms. The number of rotatable bonds is 6. The van der Waals surface area contributed by atoms with Crippen molar-refractivity contribution in [2.24, 2.45) is 0 Å². The lowest BCUT2D eigenvalue weighted by Crippen LogP contribution is -2.29. The fourth-order valence-corrected chi connectivity index (χ4v) is 4.21. The van der Waals surface area contributed by atoms with E-state index >= 15 is 0 Å². The highest BCUT2D eigenvalue weighted by atomic mass is 19.4. The van der Waals surface area contributed by atoms with E-state index in [4.69, 9.17) is 4.74 Å². The van der Waals surface area contributed by atoms with Gasteiger partial charge in [0.25, 0.3) is 11.7 Å². The van der Waals surface area contributed by atoms with Crippen molar-refractivity contribution in [3.05, 3.63) is 107 Å². The van der Waals surface area contributed by atoms with E-state index in [1.54, 1.807) is 54.6 Å². The number of amides is 1. The summed E-state index contributed by atoms with van der Waals surface area (Å²) in [5, 5.41) is 11.2. The molecule has 1 aliphatic rings. The van der Waals surface area contributed by atoms with E-state index in [9.17, 15) is 27.9 Å². The Morgan fingerprint density at radius 1 is 0.972 bits per heavy atom. The van der Waals surface area contributed by atoms with Crippen LogP contribution in [0.4, 0.5) is 13.2 Å². The summed E-state index contributed by atoms with van der Waals surface area (Å²) >= 11 is 0. The Morgan fingerprint density at radius 2 is 1.67 bits per heavy atom. The van der Waals surface area contributed by atoms with E-state index in [0.717, 1.165) is 12.1 Å². The molecule has 186 valence electrons. The average Bonchev–Trinajstić information content (AvgIpc) is 3.08. The predicted molar refractivity (Wildman–Crippen MR) is 128 cm³/mol. The van der Waals surface area contributed by atoms with E-state index in [0.29, 0.717) is 11.3 Å². The zero-order valence-electron chi connectivity index (χ0n) is 19.6. The molecule has 1 amide bonds. The van der Waals surface area contributed by atoms with Gasteiger partial charge in [0.2, 0.25) is 0 Å². The van der Waals surface area contributed by atoms with E-state index < -0.39 is 29.5 Å². The summed E-state index contributed by atoms with van der Waals surface area (Å²) in [6, 6.07) is 18.7. The summed E-state index contributed by atoms with van der Waals surface area (Å²) in [6.07, 6.45) is -4.67. The Kier molecular flexibility index (Phi) is 6.88. The molecular weight excluding hydrogens is 471 g/mol. The number of likely N-dealkylation sites (tertiary alicyclic amines) is 1. The average molecular weight is 495 g/mol. The van der Waals surface area contributed by atoms with Crippen LogP contribution in [0, 0.1) is 0 Å². The van der Waals surface area contributed by atoms with Gasteiger partial charge in [0.15, 0.2) is 0 Å². The normalized spacial score (nSPS) is 17.6. The summed E-state index contributed by atoms with van der Waals surface area (Å²) in [7, 11) is 0. The molecule has 3 aromatic rings. The van der Waals surface area contributed by atoms with Crippen LogP contribution in [0.25, 0.3) is 5.76 Å². The number of hydrogen-bond acceptors (Lipinski definition) is 4. The third kappa shape index (κ3) is 5.12.